The van der Waals surface area contributed by atoms with E-state index < -0.39 is 0 Å². The van der Waals surface area contributed by atoms with E-state index in [4.69, 9.17) is 14.4 Å². The molecule has 0 aliphatic rings. The van der Waals surface area contributed by atoms with Crippen molar-refractivity contribution in [1.29, 1.82) is 0 Å². The predicted octanol–water partition coefficient (Wildman–Crippen LogP) is 14.9. The van der Waals surface area contributed by atoms with Gasteiger partial charge in [0.05, 0.1) is 10.2 Å². The van der Waals surface area contributed by atoms with Crippen LogP contribution in [-0.2, 0) is 0 Å². The van der Waals surface area contributed by atoms with E-state index in [1.54, 1.807) is 11.3 Å². The monoisotopic (exact) mass is 753 g/mol. The Kier molecular flexibility index (Phi) is 7.83. The second-order valence-electron chi connectivity index (χ2n) is 13.9. The lowest BCUT2D eigenvalue weighted by Crippen LogP contribution is -2.09. The number of hydrogen-bond acceptors (Lipinski definition) is 6. The van der Waals surface area contributed by atoms with Gasteiger partial charge in [0, 0.05) is 37.8 Å². The molecular weight excluding hydrogens is 723 g/mol. The first-order chi connectivity index (χ1) is 27.7. The quantitative estimate of drug-likeness (QED) is 0.163. The molecule has 0 amide bonds. The van der Waals surface area contributed by atoms with Crippen molar-refractivity contribution in [3.8, 4) is 43.6 Å². The highest BCUT2D eigenvalue weighted by Crippen LogP contribution is 2.40. The van der Waals surface area contributed by atoms with E-state index in [0.29, 0.717) is 5.89 Å². The zero-order valence-corrected chi connectivity index (χ0v) is 31.6. The fourth-order valence-electron chi connectivity index (χ4n) is 7.45. The largest absolute Gasteiger partial charge is 0.436 e. The molecule has 0 fully saturated rings. The molecule has 0 aliphatic carbocycles. The van der Waals surface area contributed by atoms with Crippen molar-refractivity contribution in [1.82, 2.24) is 9.97 Å². The number of nitrogens with zero attached hydrogens (tertiary/aromatic N) is 3. The summed E-state index contributed by atoms with van der Waals surface area (Å²) >= 11 is 3.56. The fourth-order valence-corrected chi connectivity index (χ4v) is 9.48. The number of benzene rings is 8. The Balaban J connectivity index is 0.941. The summed E-state index contributed by atoms with van der Waals surface area (Å²) in [6.45, 7) is 0. The molecule has 0 bridgehead atoms. The minimum Gasteiger partial charge on any atom is -0.436 e. The molecule has 8 aromatic carbocycles. The van der Waals surface area contributed by atoms with Crippen LogP contribution in [0, 0.1) is 0 Å². The second-order valence-corrected chi connectivity index (χ2v) is 16.0. The summed E-state index contributed by atoms with van der Waals surface area (Å²) in [4.78, 5) is 13.2. The van der Waals surface area contributed by atoms with E-state index in [-0.39, 0.29) is 0 Å². The lowest BCUT2D eigenvalue weighted by atomic mass is 9.99. The van der Waals surface area contributed by atoms with Gasteiger partial charge in [0.25, 0.3) is 0 Å². The summed E-state index contributed by atoms with van der Waals surface area (Å²) in [5.41, 5.74) is 11.4. The Morgan fingerprint density at radius 3 is 1.70 bits per heavy atom. The number of hydrogen-bond donors (Lipinski definition) is 0. The Morgan fingerprint density at radius 1 is 0.393 bits per heavy atom. The maximum atomic E-state index is 6.09. The van der Waals surface area contributed by atoms with E-state index in [1.807, 2.05) is 41.7 Å². The average molecular weight is 754 g/mol. The van der Waals surface area contributed by atoms with Gasteiger partial charge >= 0.3 is 0 Å². The summed E-state index contributed by atoms with van der Waals surface area (Å²) in [6.07, 6.45) is 0. The van der Waals surface area contributed by atoms with E-state index in [9.17, 15) is 0 Å². The number of oxazole rings is 1. The third-order valence-electron chi connectivity index (χ3n) is 10.3. The molecule has 11 aromatic rings. The van der Waals surface area contributed by atoms with Crippen molar-refractivity contribution in [2.45, 2.75) is 0 Å². The van der Waals surface area contributed by atoms with Gasteiger partial charge in [0.1, 0.15) is 10.5 Å². The van der Waals surface area contributed by atoms with Crippen molar-refractivity contribution in [2.75, 3.05) is 4.90 Å². The molecule has 11 rings (SSSR count). The Labute approximate surface area is 331 Å². The lowest BCUT2D eigenvalue weighted by Gasteiger charge is -2.26. The van der Waals surface area contributed by atoms with Gasteiger partial charge in [-0.25, -0.2) is 9.97 Å². The summed E-state index contributed by atoms with van der Waals surface area (Å²) < 4.78 is 8.60. The number of thiophene rings is 1. The Hall–Kier alpha value is -6.86. The molecule has 0 atom stereocenters. The van der Waals surface area contributed by atoms with Crippen molar-refractivity contribution in [2.24, 2.45) is 0 Å². The van der Waals surface area contributed by atoms with Crippen LogP contribution in [0.2, 0.25) is 0 Å². The van der Waals surface area contributed by atoms with Gasteiger partial charge in [-0.2, -0.15) is 0 Å². The van der Waals surface area contributed by atoms with Crippen molar-refractivity contribution in [3.05, 3.63) is 188 Å². The first kappa shape index (κ1) is 32.6. The number of para-hydroxylation sites is 3. The molecule has 6 heteroatoms. The zero-order valence-electron chi connectivity index (χ0n) is 30.0. The molecule has 0 spiro atoms. The molecule has 0 unspecified atom stereocenters. The van der Waals surface area contributed by atoms with Crippen LogP contribution in [0.5, 0.6) is 0 Å². The number of anilines is 3. The number of fused-ring (bicyclic) bond motifs is 4. The molecule has 0 saturated carbocycles. The van der Waals surface area contributed by atoms with Crippen LogP contribution >= 0.6 is 22.7 Å². The summed E-state index contributed by atoms with van der Waals surface area (Å²) in [5, 5.41) is 4.77. The molecule has 4 nitrogen and oxygen atoms in total. The molecule has 0 radical (unpaired) electrons. The van der Waals surface area contributed by atoms with Crippen molar-refractivity contribution < 1.29 is 4.42 Å². The fraction of sp³-hybridized carbons (Fsp3) is 0. The maximum absolute atomic E-state index is 6.09. The lowest BCUT2D eigenvalue weighted by molar-refractivity contribution is 0.620. The highest BCUT2D eigenvalue weighted by molar-refractivity contribution is 7.22. The van der Waals surface area contributed by atoms with Crippen LogP contribution in [0.4, 0.5) is 17.1 Å². The van der Waals surface area contributed by atoms with Crippen LogP contribution in [0.1, 0.15) is 0 Å². The molecule has 0 N–H and O–H groups in total. The molecular formula is C50H31N3OS2. The van der Waals surface area contributed by atoms with Gasteiger partial charge in [-0.05, 0) is 142 Å². The average Bonchev–Trinajstić information content (AvgIpc) is 4.01. The summed E-state index contributed by atoms with van der Waals surface area (Å²) in [5.74, 6) is 0.611. The standard InChI is InChI=1S/C50H31N3OS2/c1-5-11-46-37(7-1)31-48(55-46)38-16-14-33-13-15-36(29-39(33)30-38)32-17-23-40(24-18-32)53(41-25-19-34(20-26-41)49-51-43-8-2-4-10-45(43)54-49)42-27-21-35(22-28-42)50-52-44-9-3-6-12-47(44)56-50/h1-31H. The van der Waals surface area contributed by atoms with Crippen LogP contribution in [0.3, 0.4) is 0 Å². The minimum atomic E-state index is 0.611. The van der Waals surface area contributed by atoms with Crippen LogP contribution < -0.4 is 4.90 Å². The summed E-state index contributed by atoms with van der Waals surface area (Å²) in [6, 6.07) is 66.6. The third kappa shape index (κ3) is 5.93. The highest BCUT2D eigenvalue weighted by atomic mass is 32.1. The third-order valence-corrected chi connectivity index (χ3v) is 12.6. The molecule has 3 heterocycles. The topological polar surface area (TPSA) is 42.2 Å². The predicted molar refractivity (Wildman–Crippen MR) is 237 cm³/mol. The SMILES string of the molecule is c1ccc2sc(-c3ccc4ccc(-c5ccc(N(c6ccc(-c7nc8ccccc8o7)cc6)c6ccc(-c7nc8ccccc8s7)cc6)cc5)cc4c3)cc2c1. The molecule has 3 aromatic heterocycles. The molecule has 0 aliphatic heterocycles. The van der Waals surface area contributed by atoms with E-state index in [0.717, 1.165) is 49.8 Å². The Morgan fingerprint density at radius 2 is 0.982 bits per heavy atom. The van der Waals surface area contributed by atoms with E-state index in [2.05, 4.69) is 163 Å². The number of rotatable bonds is 7. The second kappa shape index (κ2) is 13.5. The van der Waals surface area contributed by atoms with E-state index >= 15 is 0 Å². The normalized spacial score (nSPS) is 11.6. The van der Waals surface area contributed by atoms with Crippen LogP contribution in [0.15, 0.2) is 192 Å². The molecule has 0 saturated heterocycles. The number of thiazole rings is 1. The minimum absolute atomic E-state index is 0.611. The van der Waals surface area contributed by atoms with Crippen molar-refractivity contribution in [3.63, 3.8) is 0 Å². The van der Waals surface area contributed by atoms with Gasteiger partial charge in [-0.3, -0.25) is 0 Å². The summed E-state index contributed by atoms with van der Waals surface area (Å²) in [7, 11) is 0. The van der Waals surface area contributed by atoms with Gasteiger partial charge in [0.2, 0.25) is 5.89 Å². The molecule has 56 heavy (non-hydrogen) atoms. The van der Waals surface area contributed by atoms with Gasteiger partial charge in [-0.15, -0.1) is 22.7 Å². The highest BCUT2D eigenvalue weighted by Gasteiger charge is 2.16. The van der Waals surface area contributed by atoms with E-state index in [1.165, 1.54) is 47.1 Å². The smallest absolute Gasteiger partial charge is 0.227 e. The van der Waals surface area contributed by atoms with Crippen molar-refractivity contribution >= 4 is 81.9 Å². The number of aromatic nitrogens is 2. The maximum Gasteiger partial charge on any atom is 0.227 e. The van der Waals surface area contributed by atoms with Gasteiger partial charge in [0.15, 0.2) is 5.58 Å². The Bertz CT molecular complexity index is 2980. The molecule has 264 valence electrons. The zero-order chi connectivity index (χ0) is 37.0. The van der Waals surface area contributed by atoms with Crippen LogP contribution in [-0.4, -0.2) is 9.97 Å². The van der Waals surface area contributed by atoms with Gasteiger partial charge in [-0.1, -0.05) is 78.9 Å². The van der Waals surface area contributed by atoms with Crippen LogP contribution in [0.25, 0.3) is 85.8 Å². The first-order valence-corrected chi connectivity index (χ1v) is 20.2. The van der Waals surface area contributed by atoms with Gasteiger partial charge < -0.3 is 9.32 Å². The first-order valence-electron chi connectivity index (χ1n) is 18.5.